The number of aromatic amines is 1. The minimum atomic E-state index is -0.503. The molecule has 102 valence electrons. The molecule has 0 spiro atoms. The maximum absolute atomic E-state index is 11.8. The first kappa shape index (κ1) is 14.0. The van der Waals surface area contributed by atoms with Crippen LogP contribution in [0.3, 0.4) is 0 Å². The average Bonchev–Trinajstić information content (AvgIpc) is 2.46. The number of hydrogen-bond donors (Lipinski definition) is 2. The molecule has 0 saturated carbocycles. The molecule has 2 N–H and O–H groups in total. The van der Waals surface area contributed by atoms with Crippen LogP contribution in [0, 0.1) is 11.3 Å². The highest BCUT2D eigenvalue weighted by Crippen LogP contribution is 2.31. The van der Waals surface area contributed by atoms with E-state index in [4.69, 9.17) is 10.00 Å². The van der Waals surface area contributed by atoms with Crippen LogP contribution in [0.25, 0.3) is 11.3 Å². The molecule has 20 heavy (non-hydrogen) atoms. The van der Waals surface area contributed by atoms with Crippen LogP contribution in [-0.2, 0) is 0 Å². The summed E-state index contributed by atoms with van der Waals surface area (Å²) in [5.74, 6) is 0.226. The predicted octanol–water partition coefficient (Wildman–Crippen LogP) is 1.74. The lowest BCUT2D eigenvalue weighted by molar-refractivity contribution is 0.373. The van der Waals surface area contributed by atoms with Gasteiger partial charge in [-0.05, 0) is 24.5 Å². The zero-order valence-electron chi connectivity index (χ0n) is 10.8. The Labute approximate surface area is 119 Å². The molecule has 6 nitrogen and oxygen atoms in total. The van der Waals surface area contributed by atoms with Crippen molar-refractivity contribution in [3.63, 3.8) is 0 Å². The van der Waals surface area contributed by atoms with Crippen molar-refractivity contribution in [2.45, 2.75) is 5.16 Å². The highest BCUT2D eigenvalue weighted by atomic mass is 32.2. The number of rotatable bonds is 3. The number of ether oxygens (including phenoxy) is 1. The van der Waals surface area contributed by atoms with Gasteiger partial charge in [-0.2, -0.15) is 5.26 Å². The summed E-state index contributed by atoms with van der Waals surface area (Å²) in [4.78, 5) is 18.5. The second kappa shape index (κ2) is 5.67. The number of phenols is 1. The van der Waals surface area contributed by atoms with Crippen molar-refractivity contribution >= 4 is 11.8 Å². The lowest BCUT2D eigenvalue weighted by Gasteiger charge is -2.08. The van der Waals surface area contributed by atoms with E-state index in [1.165, 1.54) is 24.9 Å². The molecule has 2 rings (SSSR count). The van der Waals surface area contributed by atoms with E-state index in [0.29, 0.717) is 16.5 Å². The van der Waals surface area contributed by atoms with E-state index in [0.717, 1.165) is 0 Å². The van der Waals surface area contributed by atoms with E-state index in [9.17, 15) is 9.90 Å². The number of hydrogen-bond acceptors (Lipinski definition) is 6. The second-order valence-corrected chi connectivity index (χ2v) is 4.59. The number of nitrogens with zero attached hydrogens (tertiary/aromatic N) is 2. The Bertz CT molecular complexity index is 750. The van der Waals surface area contributed by atoms with Gasteiger partial charge in [0.25, 0.3) is 5.56 Å². The Morgan fingerprint density at radius 2 is 2.25 bits per heavy atom. The van der Waals surface area contributed by atoms with Gasteiger partial charge in [-0.1, -0.05) is 11.8 Å². The first-order valence-electron chi connectivity index (χ1n) is 5.56. The van der Waals surface area contributed by atoms with Crippen molar-refractivity contribution in [2.24, 2.45) is 0 Å². The third-order valence-corrected chi connectivity index (χ3v) is 3.24. The van der Waals surface area contributed by atoms with Crippen LogP contribution in [0.5, 0.6) is 11.5 Å². The molecule has 0 saturated heterocycles. The first-order valence-corrected chi connectivity index (χ1v) is 6.79. The Morgan fingerprint density at radius 1 is 1.50 bits per heavy atom. The van der Waals surface area contributed by atoms with E-state index in [2.05, 4.69) is 9.97 Å². The van der Waals surface area contributed by atoms with Crippen LogP contribution in [0.2, 0.25) is 0 Å². The van der Waals surface area contributed by atoms with Crippen molar-refractivity contribution in [2.75, 3.05) is 13.4 Å². The van der Waals surface area contributed by atoms with E-state index in [1.807, 2.05) is 6.07 Å². The fourth-order valence-electron chi connectivity index (χ4n) is 1.70. The predicted molar refractivity (Wildman–Crippen MR) is 75.0 cm³/mol. The van der Waals surface area contributed by atoms with Crippen LogP contribution >= 0.6 is 11.8 Å². The highest BCUT2D eigenvalue weighted by molar-refractivity contribution is 7.98. The lowest BCUT2D eigenvalue weighted by atomic mass is 10.1. The molecule has 0 bridgehead atoms. The maximum Gasteiger partial charge on any atom is 0.270 e. The number of aromatic hydroxyl groups is 1. The molecule has 1 aromatic carbocycles. The summed E-state index contributed by atoms with van der Waals surface area (Å²) in [6.45, 7) is 0. The fourth-order valence-corrected chi connectivity index (χ4v) is 2.08. The standard InChI is InChI=1S/C13H11N3O3S/c1-19-10-4-3-7(5-9(10)17)11-8(6-14)12(18)16-13(15-11)20-2/h3-5,17H,1-2H3,(H,15,16,18). The summed E-state index contributed by atoms with van der Waals surface area (Å²) in [6, 6.07) is 6.42. The molecule has 1 heterocycles. The minimum Gasteiger partial charge on any atom is -0.504 e. The average molecular weight is 289 g/mol. The monoisotopic (exact) mass is 289 g/mol. The Morgan fingerprint density at radius 3 is 2.80 bits per heavy atom. The van der Waals surface area contributed by atoms with Crippen molar-refractivity contribution < 1.29 is 9.84 Å². The van der Waals surface area contributed by atoms with Gasteiger partial charge in [-0.3, -0.25) is 4.79 Å². The van der Waals surface area contributed by atoms with Gasteiger partial charge in [0.15, 0.2) is 16.7 Å². The van der Waals surface area contributed by atoms with E-state index < -0.39 is 5.56 Å². The molecular formula is C13H11N3O3S. The molecule has 0 radical (unpaired) electrons. The lowest BCUT2D eigenvalue weighted by Crippen LogP contribution is -2.14. The Kier molecular flexibility index (Phi) is 3.96. The summed E-state index contributed by atoms with van der Waals surface area (Å²) in [7, 11) is 1.44. The highest BCUT2D eigenvalue weighted by Gasteiger charge is 2.14. The number of nitriles is 1. The van der Waals surface area contributed by atoms with Crippen LogP contribution in [0.1, 0.15) is 5.56 Å². The largest absolute Gasteiger partial charge is 0.504 e. The van der Waals surface area contributed by atoms with Gasteiger partial charge in [-0.25, -0.2) is 4.98 Å². The molecule has 1 aromatic heterocycles. The number of methoxy groups -OCH3 is 1. The molecular weight excluding hydrogens is 278 g/mol. The summed E-state index contributed by atoms with van der Waals surface area (Å²) in [5.41, 5.74) is 0.115. The van der Waals surface area contributed by atoms with E-state index in [1.54, 1.807) is 18.4 Å². The fraction of sp³-hybridized carbons (Fsp3) is 0.154. The SMILES string of the molecule is COc1ccc(-c2nc(SC)[nH]c(=O)c2C#N)cc1O. The van der Waals surface area contributed by atoms with Crippen molar-refractivity contribution in [1.29, 1.82) is 5.26 Å². The summed E-state index contributed by atoms with van der Waals surface area (Å²) in [6.07, 6.45) is 1.76. The number of thioether (sulfide) groups is 1. The zero-order chi connectivity index (χ0) is 14.7. The minimum absolute atomic E-state index is 0.0818. The molecule has 7 heteroatoms. The first-order chi connectivity index (χ1) is 9.60. The second-order valence-electron chi connectivity index (χ2n) is 3.80. The quantitative estimate of drug-likeness (QED) is 0.659. The Balaban J connectivity index is 2.68. The zero-order valence-corrected chi connectivity index (χ0v) is 11.6. The maximum atomic E-state index is 11.8. The van der Waals surface area contributed by atoms with E-state index in [-0.39, 0.29) is 17.0 Å². The summed E-state index contributed by atoms with van der Waals surface area (Å²) < 4.78 is 4.95. The van der Waals surface area contributed by atoms with Gasteiger partial charge in [0.2, 0.25) is 0 Å². The molecule has 0 unspecified atom stereocenters. The van der Waals surface area contributed by atoms with Crippen LogP contribution < -0.4 is 10.3 Å². The number of benzene rings is 1. The Hall–Kier alpha value is -2.46. The molecule has 0 atom stereocenters. The summed E-state index contributed by atoms with van der Waals surface area (Å²) >= 11 is 1.26. The van der Waals surface area contributed by atoms with Crippen LogP contribution in [-0.4, -0.2) is 28.4 Å². The third kappa shape index (κ3) is 2.46. The third-order valence-electron chi connectivity index (χ3n) is 2.66. The molecule has 2 aromatic rings. The van der Waals surface area contributed by atoms with Crippen LogP contribution in [0.15, 0.2) is 28.2 Å². The van der Waals surface area contributed by atoms with Gasteiger partial charge < -0.3 is 14.8 Å². The van der Waals surface area contributed by atoms with Gasteiger partial charge in [0.1, 0.15) is 11.6 Å². The number of nitrogens with one attached hydrogen (secondary N) is 1. The number of phenolic OH excluding ortho intramolecular Hbond substituents is 1. The smallest absolute Gasteiger partial charge is 0.270 e. The van der Waals surface area contributed by atoms with E-state index >= 15 is 0 Å². The van der Waals surface area contributed by atoms with Crippen LogP contribution in [0.4, 0.5) is 0 Å². The van der Waals surface area contributed by atoms with Crippen molar-refractivity contribution in [1.82, 2.24) is 9.97 Å². The number of H-pyrrole nitrogens is 1. The summed E-state index contributed by atoms with van der Waals surface area (Å²) in [5, 5.41) is 19.3. The topological polar surface area (TPSA) is 99.0 Å². The van der Waals surface area contributed by atoms with Gasteiger partial charge in [-0.15, -0.1) is 0 Å². The molecule has 0 fully saturated rings. The molecule has 0 aliphatic heterocycles. The van der Waals surface area contributed by atoms with Crippen molar-refractivity contribution in [3.8, 4) is 28.8 Å². The molecule has 0 amide bonds. The molecule has 0 aliphatic rings. The van der Waals surface area contributed by atoms with Gasteiger partial charge in [0, 0.05) is 5.56 Å². The van der Waals surface area contributed by atoms with Crippen molar-refractivity contribution in [3.05, 3.63) is 34.1 Å². The van der Waals surface area contributed by atoms with Gasteiger partial charge in [0.05, 0.1) is 12.8 Å². The normalized spacial score (nSPS) is 10.1. The number of aromatic nitrogens is 2. The van der Waals surface area contributed by atoms with Gasteiger partial charge >= 0.3 is 0 Å². The molecule has 0 aliphatic carbocycles.